The van der Waals surface area contributed by atoms with Crippen LogP contribution in [-0.4, -0.2) is 38.8 Å². The van der Waals surface area contributed by atoms with Crippen LogP contribution in [0, 0.1) is 5.82 Å². The topological polar surface area (TPSA) is 108 Å². The predicted octanol–water partition coefficient (Wildman–Crippen LogP) is 2.08. The van der Waals surface area contributed by atoms with E-state index in [-0.39, 0.29) is 18.3 Å². The van der Waals surface area contributed by atoms with Crippen LogP contribution in [0.3, 0.4) is 0 Å². The summed E-state index contributed by atoms with van der Waals surface area (Å²) < 4.78 is 21.1. The molecule has 8 nitrogen and oxygen atoms in total. The van der Waals surface area contributed by atoms with Gasteiger partial charge in [0.25, 0.3) is 0 Å². The number of nitrogens with one attached hydrogen (secondary N) is 1. The lowest BCUT2D eigenvalue weighted by Crippen LogP contribution is -2.25. The van der Waals surface area contributed by atoms with E-state index in [1.165, 1.54) is 24.5 Å². The number of nitrogens with two attached hydrogens (primary N) is 1. The van der Waals surface area contributed by atoms with Gasteiger partial charge in [-0.2, -0.15) is 5.10 Å². The molecule has 2 aromatic heterocycles. The number of carbonyl (C=O) groups is 1. The molecule has 2 heterocycles. The van der Waals surface area contributed by atoms with Gasteiger partial charge in [0.1, 0.15) is 36.0 Å². The largest absolute Gasteiger partial charge is 0.489 e. The van der Waals surface area contributed by atoms with Crippen molar-refractivity contribution in [2.24, 2.45) is 0 Å². The first-order valence-corrected chi connectivity index (χ1v) is 8.45. The van der Waals surface area contributed by atoms with E-state index in [2.05, 4.69) is 33.5 Å². The minimum absolute atomic E-state index is 0.221. The zero-order valence-corrected chi connectivity index (χ0v) is 15.1. The predicted molar refractivity (Wildman–Crippen MR) is 104 cm³/mol. The first-order valence-electron chi connectivity index (χ1n) is 8.45. The van der Waals surface area contributed by atoms with Crippen molar-refractivity contribution in [1.82, 2.24) is 25.1 Å². The molecule has 0 aliphatic rings. The number of hydrogen-bond acceptors (Lipinski definition) is 6. The number of hydrogen-bond donors (Lipinski definition) is 2. The van der Waals surface area contributed by atoms with Crippen molar-refractivity contribution < 1.29 is 13.9 Å². The summed E-state index contributed by atoms with van der Waals surface area (Å²) >= 11 is 0. The summed E-state index contributed by atoms with van der Waals surface area (Å²) in [5, 5.41) is 7.69. The molecular formula is C19H19FN6O2. The molecule has 0 aliphatic heterocycles. The number of halogens is 1. The number of nitrogen functional groups attached to an aromatic ring is 1. The third-order valence-corrected chi connectivity index (χ3v) is 3.88. The van der Waals surface area contributed by atoms with Crippen LogP contribution < -0.4 is 15.8 Å². The molecule has 0 saturated heterocycles. The zero-order valence-electron chi connectivity index (χ0n) is 15.1. The minimum Gasteiger partial charge on any atom is -0.489 e. The van der Waals surface area contributed by atoms with Crippen LogP contribution in [0.2, 0.25) is 0 Å². The van der Waals surface area contributed by atoms with Crippen LogP contribution in [0.15, 0.2) is 49.8 Å². The van der Waals surface area contributed by atoms with E-state index in [0.717, 1.165) is 0 Å². The van der Waals surface area contributed by atoms with Crippen LogP contribution in [0.25, 0.3) is 22.3 Å². The van der Waals surface area contributed by atoms with E-state index in [0.29, 0.717) is 41.1 Å². The highest BCUT2D eigenvalue weighted by molar-refractivity contribution is 5.98. The Bertz CT molecular complexity index is 1050. The molecule has 0 fully saturated rings. The molecule has 0 bridgehead atoms. The van der Waals surface area contributed by atoms with Crippen LogP contribution in [0.4, 0.5) is 10.2 Å². The third kappa shape index (κ3) is 3.98. The molecule has 9 heteroatoms. The van der Waals surface area contributed by atoms with Crippen LogP contribution in [0.1, 0.15) is 0 Å². The minimum atomic E-state index is -0.479. The smallest absolute Gasteiger partial charge is 0.243 e. The molecule has 3 rings (SSSR count). The Balaban J connectivity index is 2.04. The molecule has 0 radical (unpaired) electrons. The Hall–Kier alpha value is -3.75. The second kappa shape index (κ2) is 8.30. The van der Waals surface area contributed by atoms with Gasteiger partial charge in [-0.25, -0.2) is 19.0 Å². The lowest BCUT2D eigenvalue weighted by atomic mass is 10.1. The van der Waals surface area contributed by atoms with Gasteiger partial charge in [0.2, 0.25) is 5.91 Å². The number of rotatable bonds is 8. The normalized spacial score (nSPS) is 10.6. The van der Waals surface area contributed by atoms with Crippen molar-refractivity contribution in [2.45, 2.75) is 6.54 Å². The fourth-order valence-electron chi connectivity index (χ4n) is 2.68. The fourth-order valence-corrected chi connectivity index (χ4v) is 2.68. The number of anilines is 1. The lowest BCUT2D eigenvalue weighted by molar-refractivity contribution is -0.116. The van der Waals surface area contributed by atoms with Gasteiger partial charge in [0.05, 0.1) is 11.9 Å². The molecule has 0 unspecified atom stereocenters. The summed E-state index contributed by atoms with van der Waals surface area (Å²) in [5.41, 5.74) is 7.41. The molecule has 1 amide bonds. The summed E-state index contributed by atoms with van der Waals surface area (Å²) in [4.78, 5) is 19.6. The first-order chi connectivity index (χ1) is 13.5. The van der Waals surface area contributed by atoms with Gasteiger partial charge >= 0.3 is 0 Å². The molecule has 144 valence electrons. The van der Waals surface area contributed by atoms with Gasteiger partial charge in [0.15, 0.2) is 5.65 Å². The van der Waals surface area contributed by atoms with E-state index in [9.17, 15) is 9.18 Å². The Morgan fingerprint density at radius 3 is 2.89 bits per heavy atom. The molecule has 3 aromatic rings. The van der Waals surface area contributed by atoms with Gasteiger partial charge < -0.3 is 15.8 Å². The summed E-state index contributed by atoms with van der Waals surface area (Å²) in [6.07, 6.45) is 4.08. The second-order valence-corrected chi connectivity index (χ2v) is 5.80. The van der Waals surface area contributed by atoms with Crippen molar-refractivity contribution in [3.05, 3.63) is 55.7 Å². The number of aromatic nitrogens is 4. The molecule has 0 saturated carbocycles. The summed E-state index contributed by atoms with van der Waals surface area (Å²) in [7, 11) is 0. The average Bonchev–Trinajstić information content (AvgIpc) is 3.06. The summed E-state index contributed by atoms with van der Waals surface area (Å²) in [6, 6.07) is 4.26. The number of benzene rings is 1. The van der Waals surface area contributed by atoms with Gasteiger partial charge in [-0.15, -0.1) is 0 Å². The zero-order chi connectivity index (χ0) is 20.1. The van der Waals surface area contributed by atoms with Gasteiger partial charge in [0, 0.05) is 18.2 Å². The molecule has 0 atom stereocenters. The maximum atomic E-state index is 14.1. The Labute approximate surface area is 160 Å². The van der Waals surface area contributed by atoms with Crippen LogP contribution >= 0.6 is 0 Å². The highest BCUT2D eigenvalue weighted by atomic mass is 19.1. The monoisotopic (exact) mass is 382 g/mol. The van der Waals surface area contributed by atoms with Gasteiger partial charge in [-0.05, 0) is 18.2 Å². The maximum Gasteiger partial charge on any atom is 0.243 e. The number of carbonyl (C=O) groups excluding carboxylic acids is 1. The molecule has 28 heavy (non-hydrogen) atoms. The molecule has 1 aromatic carbocycles. The van der Waals surface area contributed by atoms with E-state index >= 15 is 0 Å². The Morgan fingerprint density at radius 2 is 2.14 bits per heavy atom. The highest BCUT2D eigenvalue weighted by Crippen LogP contribution is 2.32. The number of ether oxygens (including phenoxy) is 1. The van der Waals surface area contributed by atoms with Gasteiger partial charge in [-0.1, -0.05) is 19.2 Å². The molecular weight excluding hydrogens is 363 g/mol. The molecule has 3 N–H and O–H groups in total. The summed E-state index contributed by atoms with van der Waals surface area (Å²) in [6.45, 7) is 7.87. The second-order valence-electron chi connectivity index (χ2n) is 5.80. The average molecular weight is 382 g/mol. The lowest BCUT2D eigenvalue weighted by Gasteiger charge is -2.06. The van der Waals surface area contributed by atoms with Crippen molar-refractivity contribution in [3.8, 4) is 17.0 Å². The van der Waals surface area contributed by atoms with Crippen molar-refractivity contribution in [3.63, 3.8) is 0 Å². The third-order valence-electron chi connectivity index (χ3n) is 3.88. The number of fused-ring (bicyclic) bond motifs is 1. The van der Waals surface area contributed by atoms with Crippen LogP contribution in [-0.2, 0) is 11.3 Å². The Kier molecular flexibility index (Phi) is 5.64. The van der Waals surface area contributed by atoms with E-state index in [1.807, 2.05) is 0 Å². The summed E-state index contributed by atoms with van der Waals surface area (Å²) in [5.74, 6) is -0.210. The van der Waals surface area contributed by atoms with Crippen molar-refractivity contribution in [2.75, 3.05) is 18.9 Å². The first kappa shape index (κ1) is 19.0. The highest BCUT2D eigenvalue weighted by Gasteiger charge is 2.18. The van der Waals surface area contributed by atoms with Crippen molar-refractivity contribution >= 4 is 22.8 Å². The van der Waals surface area contributed by atoms with Gasteiger partial charge in [-0.3, -0.25) is 4.79 Å². The standard InChI is InChI=1S/C19H19FN6O2/c1-3-7-28-14-9-12(8-13(20)10-14)17-16-18(21)23-11-24-19(16)26(25-17)6-5-22-15(27)4-2/h3-4,8-11H,1-2,5-7H2,(H,22,27)(H2,21,23,24). The quantitative estimate of drug-likeness (QED) is 0.456. The van der Waals surface area contributed by atoms with E-state index < -0.39 is 5.82 Å². The van der Waals surface area contributed by atoms with Crippen LogP contribution in [0.5, 0.6) is 5.75 Å². The number of nitrogens with zero attached hydrogens (tertiary/aromatic N) is 4. The van der Waals surface area contributed by atoms with Crippen molar-refractivity contribution in [1.29, 1.82) is 0 Å². The molecule has 0 aliphatic carbocycles. The Morgan fingerprint density at radius 1 is 1.32 bits per heavy atom. The van der Waals surface area contributed by atoms with E-state index in [1.54, 1.807) is 16.8 Å². The SMILES string of the molecule is C=CCOc1cc(F)cc(-c2nn(CCNC(=O)C=C)c3ncnc(N)c23)c1. The molecule has 0 spiro atoms. The maximum absolute atomic E-state index is 14.1. The van der Waals surface area contributed by atoms with E-state index in [4.69, 9.17) is 10.5 Å². The fraction of sp³-hybridized carbons (Fsp3) is 0.158. The number of amides is 1.